The molecule has 0 radical (unpaired) electrons. The number of carbonyl (C=O) groups is 1. The van der Waals surface area contributed by atoms with Gasteiger partial charge in [0.15, 0.2) is 0 Å². The maximum atomic E-state index is 12.5. The lowest BCUT2D eigenvalue weighted by atomic mass is 10.1. The molecule has 1 aliphatic rings. The molecule has 2 heterocycles. The standard InChI is InChI=1S/C19H25ClN4O2/c1-13-17(14(2)23(3)22-13)8-9-21-19(25)24-10-11-26-18(12-24)15-4-6-16(20)7-5-15/h4-7,18H,8-12H2,1-3H3,(H,21,25)/t18-/m0/s1. The molecule has 3 rings (SSSR count). The fraction of sp³-hybridized carbons (Fsp3) is 0.474. The van der Waals surface area contributed by atoms with Gasteiger partial charge in [0.25, 0.3) is 0 Å². The number of hydrogen-bond donors (Lipinski definition) is 1. The van der Waals surface area contributed by atoms with E-state index < -0.39 is 0 Å². The molecule has 1 aromatic carbocycles. The van der Waals surface area contributed by atoms with Crippen molar-refractivity contribution in [1.29, 1.82) is 0 Å². The average molecular weight is 377 g/mol. The molecule has 140 valence electrons. The molecule has 1 aromatic heterocycles. The topological polar surface area (TPSA) is 59.4 Å². The van der Waals surface area contributed by atoms with Crippen molar-refractivity contribution < 1.29 is 9.53 Å². The van der Waals surface area contributed by atoms with Gasteiger partial charge in [0.2, 0.25) is 0 Å². The highest BCUT2D eigenvalue weighted by Gasteiger charge is 2.25. The molecule has 0 unspecified atom stereocenters. The number of halogens is 1. The van der Waals surface area contributed by atoms with Crippen LogP contribution >= 0.6 is 11.6 Å². The summed E-state index contributed by atoms with van der Waals surface area (Å²) in [5.74, 6) is 0. The summed E-state index contributed by atoms with van der Waals surface area (Å²) in [7, 11) is 1.94. The Morgan fingerprint density at radius 1 is 1.35 bits per heavy atom. The molecule has 26 heavy (non-hydrogen) atoms. The van der Waals surface area contributed by atoms with Crippen LogP contribution in [0.2, 0.25) is 5.02 Å². The van der Waals surface area contributed by atoms with Crippen molar-refractivity contribution >= 4 is 17.6 Å². The Bertz CT molecular complexity index is 773. The van der Waals surface area contributed by atoms with Crippen molar-refractivity contribution in [2.24, 2.45) is 7.05 Å². The SMILES string of the molecule is Cc1nn(C)c(C)c1CCNC(=O)N1CCO[C@H](c2ccc(Cl)cc2)C1. The molecule has 2 amide bonds. The fourth-order valence-corrected chi connectivity index (χ4v) is 3.42. The van der Waals surface area contributed by atoms with E-state index in [9.17, 15) is 4.79 Å². The second-order valence-corrected chi connectivity index (χ2v) is 7.05. The van der Waals surface area contributed by atoms with E-state index in [1.54, 1.807) is 0 Å². The van der Waals surface area contributed by atoms with Crippen LogP contribution in [-0.4, -0.2) is 47.0 Å². The molecule has 1 fully saturated rings. The molecule has 1 atom stereocenters. The quantitative estimate of drug-likeness (QED) is 0.892. The molecular weight excluding hydrogens is 352 g/mol. The molecule has 0 bridgehead atoms. The number of aromatic nitrogens is 2. The van der Waals surface area contributed by atoms with Gasteiger partial charge in [-0.25, -0.2) is 4.79 Å². The third-order valence-electron chi connectivity index (χ3n) is 4.91. The molecule has 0 spiro atoms. The Labute approximate surface area is 159 Å². The Morgan fingerprint density at radius 2 is 2.08 bits per heavy atom. The number of aryl methyl sites for hydroxylation is 2. The van der Waals surface area contributed by atoms with Crippen LogP contribution in [-0.2, 0) is 18.2 Å². The first-order valence-electron chi connectivity index (χ1n) is 8.84. The Balaban J connectivity index is 1.53. The van der Waals surface area contributed by atoms with Gasteiger partial charge in [0.05, 0.1) is 18.8 Å². The first-order chi connectivity index (χ1) is 12.5. The second kappa shape index (κ2) is 8.10. The van der Waals surface area contributed by atoms with Crippen molar-refractivity contribution in [1.82, 2.24) is 20.0 Å². The Morgan fingerprint density at radius 3 is 2.73 bits per heavy atom. The Kier molecular flexibility index (Phi) is 5.84. The van der Waals surface area contributed by atoms with Crippen LogP contribution in [0.1, 0.15) is 28.6 Å². The van der Waals surface area contributed by atoms with E-state index >= 15 is 0 Å². The zero-order valence-corrected chi connectivity index (χ0v) is 16.2. The lowest BCUT2D eigenvalue weighted by Crippen LogP contribution is -2.47. The second-order valence-electron chi connectivity index (χ2n) is 6.61. The number of carbonyl (C=O) groups excluding carboxylic acids is 1. The minimum Gasteiger partial charge on any atom is -0.370 e. The number of urea groups is 1. The van der Waals surface area contributed by atoms with Gasteiger partial charge in [0, 0.05) is 30.9 Å². The molecular formula is C19H25ClN4O2. The van der Waals surface area contributed by atoms with E-state index in [1.807, 2.05) is 47.8 Å². The highest BCUT2D eigenvalue weighted by molar-refractivity contribution is 6.30. The van der Waals surface area contributed by atoms with Crippen LogP contribution in [0, 0.1) is 13.8 Å². The zero-order valence-electron chi connectivity index (χ0n) is 15.5. The van der Waals surface area contributed by atoms with E-state index in [1.165, 1.54) is 5.56 Å². The van der Waals surface area contributed by atoms with Crippen molar-refractivity contribution in [2.75, 3.05) is 26.2 Å². The lowest BCUT2D eigenvalue weighted by Gasteiger charge is -2.33. The van der Waals surface area contributed by atoms with Gasteiger partial charge in [-0.05, 0) is 43.5 Å². The maximum absolute atomic E-state index is 12.5. The summed E-state index contributed by atoms with van der Waals surface area (Å²) < 4.78 is 7.70. The number of morpholine rings is 1. The molecule has 1 aliphatic heterocycles. The highest BCUT2D eigenvalue weighted by atomic mass is 35.5. The average Bonchev–Trinajstić information content (AvgIpc) is 2.88. The third-order valence-corrected chi connectivity index (χ3v) is 5.16. The van der Waals surface area contributed by atoms with Crippen LogP contribution in [0.5, 0.6) is 0 Å². The number of hydrogen-bond acceptors (Lipinski definition) is 3. The van der Waals surface area contributed by atoms with Gasteiger partial charge < -0.3 is 15.0 Å². The Hall–Kier alpha value is -2.05. The van der Waals surface area contributed by atoms with Crippen LogP contribution in [0.15, 0.2) is 24.3 Å². The predicted octanol–water partition coefficient (Wildman–Crippen LogP) is 3.02. The van der Waals surface area contributed by atoms with Gasteiger partial charge >= 0.3 is 6.03 Å². The smallest absolute Gasteiger partial charge is 0.317 e. The van der Waals surface area contributed by atoms with Crippen LogP contribution < -0.4 is 5.32 Å². The summed E-state index contributed by atoms with van der Waals surface area (Å²) in [6, 6.07) is 7.53. The molecule has 2 aromatic rings. The number of benzene rings is 1. The highest BCUT2D eigenvalue weighted by Crippen LogP contribution is 2.23. The molecule has 7 heteroatoms. The summed E-state index contributed by atoms with van der Waals surface area (Å²) in [6.45, 7) is 6.31. The normalized spacial score (nSPS) is 17.4. The van der Waals surface area contributed by atoms with Crippen LogP contribution in [0.3, 0.4) is 0 Å². The van der Waals surface area contributed by atoms with Crippen molar-refractivity contribution in [3.05, 3.63) is 51.8 Å². The summed E-state index contributed by atoms with van der Waals surface area (Å²) in [5, 5.41) is 8.13. The van der Waals surface area contributed by atoms with Crippen molar-refractivity contribution in [2.45, 2.75) is 26.4 Å². The molecule has 6 nitrogen and oxygen atoms in total. The van der Waals surface area contributed by atoms with Crippen molar-refractivity contribution in [3.8, 4) is 0 Å². The van der Waals surface area contributed by atoms with Crippen LogP contribution in [0.25, 0.3) is 0 Å². The predicted molar refractivity (Wildman–Crippen MR) is 102 cm³/mol. The summed E-state index contributed by atoms with van der Waals surface area (Å²) >= 11 is 5.94. The largest absolute Gasteiger partial charge is 0.370 e. The van der Waals surface area contributed by atoms with Gasteiger partial charge in [-0.15, -0.1) is 0 Å². The summed E-state index contributed by atoms with van der Waals surface area (Å²) in [5.41, 5.74) is 4.40. The van der Waals surface area contributed by atoms with Gasteiger partial charge in [-0.1, -0.05) is 23.7 Å². The van der Waals surface area contributed by atoms with E-state index in [2.05, 4.69) is 17.3 Å². The molecule has 1 saturated heterocycles. The van der Waals surface area contributed by atoms with E-state index in [0.717, 1.165) is 23.4 Å². The summed E-state index contributed by atoms with van der Waals surface area (Å²) in [4.78, 5) is 14.3. The minimum absolute atomic E-state index is 0.0496. The van der Waals surface area contributed by atoms with Crippen LogP contribution in [0.4, 0.5) is 4.79 Å². The lowest BCUT2D eigenvalue weighted by molar-refractivity contribution is -0.0153. The first kappa shape index (κ1) is 18.7. The number of amides is 2. The van der Waals surface area contributed by atoms with Gasteiger partial charge in [-0.3, -0.25) is 4.68 Å². The number of nitrogens with zero attached hydrogens (tertiary/aromatic N) is 3. The first-order valence-corrected chi connectivity index (χ1v) is 9.22. The van der Waals surface area contributed by atoms with E-state index in [4.69, 9.17) is 16.3 Å². The van der Waals surface area contributed by atoms with E-state index in [0.29, 0.717) is 31.3 Å². The number of ether oxygens (including phenoxy) is 1. The maximum Gasteiger partial charge on any atom is 0.317 e. The van der Waals surface area contributed by atoms with E-state index in [-0.39, 0.29) is 12.1 Å². The monoisotopic (exact) mass is 376 g/mol. The fourth-order valence-electron chi connectivity index (χ4n) is 3.30. The van der Waals surface area contributed by atoms with Crippen molar-refractivity contribution in [3.63, 3.8) is 0 Å². The number of nitrogens with one attached hydrogen (secondary N) is 1. The van der Waals surface area contributed by atoms with Gasteiger partial charge in [-0.2, -0.15) is 5.10 Å². The number of rotatable bonds is 4. The molecule has 0 saturated carbocycles. The minimum atomic E-state index is -0.116. The van der Waals surface area contributed by atoms with Gasteiger partial charge in [0.1, 0.15) is 6.10 Å². The summed E-state index contributed by atoms with van der Waals surface area (Å²) in [6.07, 6.45) is 0.664. The zero-order chi connectivity index (χ0) is 18.7. The molecule has 1 N–H and O–H groups in total. The molecule has 0 aliphatic carbocycles. The third kappa shape index (κ3) is 4.19.